The summed E-state index contributed by atoms with van der Waals surface area (Å²) in [5.74, 6) is -6.25. The number of carbonyl (C=O) groups excluding carboxylic acids is 7. The van der Waals surface area contributed by atoms with E-state index in [1.54, 1.807) is 0 Å². The van der Waals surface area contributed by atoms with Gasteiger partial charge in [-0.05, 0) is 0 Å². The van der Waals surface area contributed by atoms with Crippen molar-refractivity contribution in [2.75, 3.05) is 66.1 Å². The Hall–Kier alpha value is -5.47. The number of carbonyl (C=O) groups is 7. The standard InChI is InChI=1S/C74H123N7O51/c1-18(90)75-35-51(106)58(29(12-86)116-65(35)113)126-70-40(80-23(6)95)54(109)61(32(15-89)122-70)129-72-57(112)62(130-74-64(55(110)45(100)28(11-85)120-74)132-71-41(81-24(7)96)53(108)60(31(14-88)123-71)128-68-37(77-20(3)92)49(104)43(98)26(9-83)118-68)47(102)34(124-72)17-115-73-63(131-69-38(78-21(4)93)50(105)44(99)27(10-84)119-69)56(111)46(101)33(125-73)16-114-66-39(79-22(5)94)52(107)59(30(13-87)121-66)127-67-36(76-19(2)91)48(103)42(97)25(8-82)117-67/h25-74,82-89,97-113H,8-17H2,1-7H3,(H,75,90)(H,76,91)(H,77,92)(H,78,93)(H,79,94)(H,80,95)(H,81,96)/t25-,26-,27-,28-,29-,30-,31-,32-,33-,34-,35-,36-,37-,38-,39-,40-,41-,42+,43+,44-,45-,46-,47-,48-,49-,50-,51-,52-,53-,54-,55+,56+,57+,58-,59-,60-,61-,62+,63+,64+,65?,66-,67+,68+,69+,70+,71+,72+,73+,74-/m1/s1. The Kier molecular flexibility index (Phi) is 39.4. The van der Waals surface area contributed by atoms with Crippen LogP contribution >= 0.6 is 0 Å². The van der Waals surface area contributed by atoms with E-state index in [4.69, 9.17) is 90.0 Å². The van der Waals surface area contributed by atoms with E-state index >= 15 is 0 Å². The maximum absolute atomic E-state index is 13.2. The first kappa shape index (κ1) is 109. The summed E-state index contributed by atoms with van der Waals surface area (Å²) in [6.45, 7) is -4.44. The van der Waals surface area contributed by atoms with E-state index < -0.39 is 414 Å². The van der Waals surface area contributed by atoms with Crippen LogP contribution in [0.15, 0.2) is 0 Å². The number of aliphatic hydroxyl groups is 25. The molecule has 58 heteroatoms. The minimum atomic E-state index is -2.66. The minimum Gasteiger partial charge on any atom is -0.394 e. The highest BCUT2D eigenvalue weighted by Gasteiger charge is 2.62. The van der Waals surface area contributed by atoms with Gasteiger partial charge < -0.3 is 255 Å². The Morgan fingerprint density at radius 1 is 0.197 bits per heavy atom. The normalized spacial score (nSPS) is 46.7. The average molecular weight is 1930 g/mol. The van der Waals surface area contributed by atoms with E-state index in [9.17, 15) is 161 Å². The topological polar surface area (TPSA) is 885 Å². The molecule has 10 fully saturated rings. The summed E-state index contributed by atoms with van der Waals surface area (Å²) in [5, 5.41) is 300. The molecular weight excluding hydrogens is 1800 g/mol. The van der Waals surface area contributed by atoms with Gasteiger partial charge in [0, 0.05) is 48.5 Å². The second-order valence-corrected chi connectivity index (χ2v) is 33.2. The summed E-state index contributed by atoms with van der Waals surface area (Å²) in [6.07, 6.45) is -90.8. The Morgan fingerprint density at radius 3 is 0.742 bits per heavy atom. The van der Waals surface area contributed by atoms with Gasteiger partial charge in [0.1, 0.15) is 244 Å². The van der Waals surface area contributed by atoms with Crippen molar-refractivity contribution in [3.63, 3.8) is 0 Å². The Labute approximate surface area is 748 Å². The van der Waals surface area contributed by atoms with Crippen LogP contribution in [0.4, 0.5) is 0 Å². The van der Waals surface area contributed by atoms with Crippen LogP contribution < -0.4 is 37.2 Å². The van der Waals surface area contributed by atoms with Crippen LogP contribution in [0.25, 0.3) is 0 Å². The maximum Gasteiger partial charge on any atom is 0.217 e. The third-order valence-corrected chi connectivity index (χ3v) is 23.7. The molecule has 10 rings (SSSR count). The lowest BCUT2D eigenvalue weighted by Gasteiger charge is -2.51. The van der Waals surface area contributed by atoms with Crippen LogP contribution in [-0.4, -0.2) is 542 Å². The molecule has 7 amide bonds. The molecule has 0 aliphatic carbocycles. The molecule has 0 aromatic rings. The Morgan fingerprint density at radius 2 is 0.409 bits per heavy atom. The molecule has 10 aliphatic rings. The minimum absolute atomic E-state index is 0.803. The van der Waals surface area contributed by atoms with Crippen molar-refractivity contribution in [1.82, 2.24) is 37.2 Å². The van der Waals surface area contributed by atoms with E-state index in [1.165, 1.54) is 0 Å². The highest BCUT2D eigenvalue weighted by Crippen LogP contribution is 2.41. The van der Waals surface area contributed by atoms with E-state index in [1.807, 2.05) is 0 Å². The molecule has 10 saturated heterocycles. The molecule has 58 nitrogen and oxygen atoms in total. The molecular formula is C74H123N7O51. The molecule has 1 unspecified atom stereocenters. The lowest BCUT2D eigenvalue weighted by atomic mass is 9.93. The number of amides is 7. The first-order chi connectivity index (χ1) is 62.4. The van der Waals surface area contributed by atoms with E-state index in [-0.39, 0.29) is 0 Å². The van der Waals surface area contributed by atoms with Crippen molar-refractivity contribution in [1.29, 1.82) is 0 Å². The molecule has 0 spiro atoms. The molecule has 10 aliphatic heterocycles. The van der Waals surface area contributed by atoms with Gasteiger partial charge in [-0.1, -0.05) is 0 Å². The number of hydrogen-bond donors (Lipinski definition) is 32. The number of ether oxygens (including phenoxy) is 19. The predicted octanol–water partition coefficient (Wildman–Crippen LogP) is -21.8. The van der Waals surface area contributed by atoms with Gasteiger partial charge in [-0.15, -0.1) is 0 Å². The summed E-state index contributed by atoms with van der Waals surface area (Å²) in [5.41, 5.74) is 0. The zero-order valence-electron chi connectivity index (χ0n) is 71.7. The van der Waals surface area contributed by atoms with Gasteiger partial charge in [-0.3, -0.25) is 33.6 Å². The van der Waals surface area contributed by atoms with Gasteiger partial charge in [-0.25, -0.2) is 0 Å². The molecule has 0 aromatic carbocycles. The smallest absolute Gasteiger partial charge is 0.217 e. The van der Waals surface area contributed by atoms with Gasteiger partial charge in [-0.2, -0.15) is 0 Å². The molecule has 132 heavy (non-hydrogen) atoms. The molecule has 0 radical (unpaired) electrons. The monoisotopic (exact) mass is 1930 g/mol. The SMILES string of the molecule is CC(=O)N[C@H]1[C@H](O[C@H]2[C@H](O)[C@@H](NC(C)=O)C(O)O[C@@H]2CO)O[C@H](CO)[C@@H](O[C@@H]2O[C@H](CO[C@H]3O[C@H](CO[C@@H]4O[C@H](CO)[C@@H](O[C@@H]5O[C@H](CO)[C@H](O)[C@H](O)[C@H]5NC(C)=O)[C@H](O)[C@H]4NC(C)=O)[C@@H](O)[C@H](O)[C@@H]3O[C@@H]3O[C@H](CO)[C@@H](O)[C@H](O)[C@H]3NC(C)=O)[C@@H](O)[C@H](O[C@H]3O[C@H](CO)[C@@H](O)[C@H](O)[C@@H]3O[C@@H]3O[C@H](CO)[C@@H](O[C@@H]4O[C@H](CO)[C@H](O)[C@H](O)[C@H]4NC(C)=O)[C@H](O)[C@H]3NC(C)=O)[C@@H]2O)[C@@H]1O. The van der Waals surface area contributed by atoms with Crippen molar-refractivity contribution in [2.45, 2.75) is 355 Å². The van der Waals surface area contributed by atoms with E-state index in [0.29, 0.717) is 0 Å². The third-order valence-electron chi connectivity index (χ3n) is 23.7. The molecule has 32 N–H and O–H groups in total. The zero-order valence-corrected chi connectivity index (χ0v) is 71.7. The summed E-state index contributed by atoms with van der Waals surface area (Å²) < 4.78 is 115. The van der Waals surface area contributed by atoms with Crippen molar-refractivity contribution in [2.24, 2.45) is 0 Å². The summed E-state index contributed by atoms with van der Waals surface area (Å²) in [4.78, 5) is 89.2. The zero-order chi connectivity index (χ0) is 97.4. The fraction of sp³-hybridized carbons (Fsp3) is 0.905. The van der Waals surface area contributed by atoms with Crippen LogP contribution in [0.5, 0.6) is 0 Å². The molecule has 50 atom stereocenters. The van der Waals surface area contributed by atoms with Gasteiger partial charge in [0.2, 0.25) is 41.4 Å². The molecule has 0 aromatic heterocycles. The van der Waals surface area contributed by atoms with Gasteiger partial charge in [0.15, 0.2) is 62.9 Å². The summed E-state index contributed by atoms with van der Waals surface area (Å²) in [6, 6.07) is -12.8. The van der Waals surface area contributed by atoms with Gasteiger partial charge >= 0.3 is 0 Å². The van der Waals surface area contributed by atoms with Crippen molar-refractivity contribution >= 4 is 41.4 Å². The van der Waals surface area contributed by atoms with Crippen LogP contribution in [0.1, 0.15) is 48.5 Å². The Balaban J connectivity index is 1.02. The third kappa shape index (κ3) is 24.9. The maximum atomic E-state index is 13.2. The van der Waals surface area contributed by atoms with Gasteiger partial charge in [0.05, 0.1) is 66.1 Å². The fourth-order valence-electron chi connectivity index (χ4n) is 17.1. The Bertz CT molecular complexity index is 3710. The molecule has 0 bridgehead atoms. The van der Waals surface area contributed by atoms with Crippen molar-refractivity contribution in [3.8, 4) is 0 Å². The fourth-order valence-corrected chi connectivity index (χ4v) is 17.1. The van der Waals surface area contributed by atoms with E-state index in [2.05, 4.69) is 37.2 Å². The van der Waals surface area contributed by atoms with Crippen LogP contribution in [0, 0.1) is 0 Å². The first-order valence-electron chi connectivity index (χ1n) is 42.1. The van der Waals surface area contributed by atoms with Crippen LogP contribution in [0.3, 0.4) is 0 Å². The average Bonchev–Trinajstić information content (AvgIpc) is 0.748. The molecule has 0 saturated carbocycles. The summed E-state index contributed by atoms with van der Waals surface area (Å²) >= 11 is 0. The van der Waals surface area contributed by atoms with Crippen molar-refractivity contribution in [3.05, 3.63) is 0 Å². The highest BCUT2D eigenvalue weighted by molar-refractivity contribution is 5.75. The lowest BCUT2D eigenvalue weighted by Crippen LogP contribution is -2.71. The van der Waals surface area contributed by atoms with Gasteiger partial charge in [0.25, 0.3) is 0 Å². The second kappa shape index (κ2) is 47.9. The second-order valence-electron chi connectivity index (χ2n) is 33.2. The predicted molar refractivity (Wildman–Crippen MR) is 411 cm³/mol. The number of rotatable bonds is 35. The quantitative estimate of drug-likeness (QED) is 0.0280. The number of hydrogen-bond acceptors (Lipinski definition) is 51. The largest absolute Gasteiger partial charge is 0.394 e. The van der Waals surface area contributed by atoms with Crippen LogP contribution in [0.2, 0.25) is 0 Å². The highest BCUT2D eigenvalue weighted by atomic mass is 16.8. The molecule has 760 valence electrons. The summed E-state index contributed by atoms with van der Waals surface area (Å²) in [7, 11) is 0. The number of nitrogens with one attached hydrogen (secondary N) is 7. The number of aliphatic hydroxyl groups excluding tert-OH is 25. The molecule has 10 heterocycles. The van der Waals surface area contributed by atoms with E-state index in [0.717, 1.165) is 48.5 Å². The first-order valence-corrected chi connectivity index (χ1v) is 42.1. The van der Waals surface area contributed by atoms with Crippen molar-refractivity contribution < 1.29 is 251 Å². The lowest BCUT2D eigenvalue weighted by molar-refractivity contribution is -0.398. The van der Waals surface area contributed by atoms with Crippen LogP contribution in [-0.2, 0) is 124 Å².